The molecule has 1 aromatic carbocycles. The third kappa shape index (κ3) is 8.19. The second-order valence-corrected chi connectivity index (χ2v) is 8.38. The third-order valence-corrected chi connectivity index (χ3v) is 5.38. The van der Waals surface area contributed by atoms with Crippen molar-refractivity contribution in [3.8, 4) is 5.75 Å². The Kier molecular flexibility index (Phi) is 11.4. The highest BCUT2D eigenvalue weighted by molar-refractivity contribution is 5.90. The lowest BCUT2D eigenvalue weighted by molar-refractivity contribution is -0.310. The van der Waals surface area contributed by atoms with Gasteiger partial charge in [-0.3, -0.25) is 9.59 Å². The minimum Gasteiger partial charge on any atom is -0.478 e. The van der Waals surface area contributed by atoms with Gasteiger partial charge in [0.2, 0.25) is 6.29 Å². The van der Waals surface area contributed by atoms with Crippen LogP contribution in [0.3, 0.4) is 0 Å². The summed E-state index contributed by atoms with van der Waals surface area (Å²) in [6.45, 7) is 7.14. The second kappa shape index (κ2) is 14.0. The first-order chi connectivity index (χ1) is 16.7. The number of para-hydroxylation sites is 1. The van der Waals surface area contributed by atoms with Gasteiger partial charge in [0.05, 0.1) is 6.10 Å². The molecule has 0 aromatic heterocycles. The molecule has 10 heteroatoms. The molecular formula is C25H36O10. The highest BCUT2D eigenvalue weighted by Crippen LogP contribution is 2.32. The zero-order valence-corrected chi connectivity index (χ0v) is 20.7. The van der Waals surface area contributed by atoms with Gasteiger partial charge in [0.15, 0.2) is 24.6 Å². The van der Waals surface area contributed by atoms with Crippen molar-refractivity contribution in [3.05, 3.63) is 29.8 Å². The van der Waals surface area contributed by atoms with Crippen molar-refractivity contribution in [2.45, 2.75) is 103 Å². The lowest BCUT2D eigenvalue weighted by Crippen LogP contribution is -2.62. The number of carbonyl (C=O) groups is 3. The fourth-order valence-electron chi connectivity index (χ4n) is 3.71. The van der Waals surface area contributed by atoms with Gasteiger partial charge in [-0.05, 0) is 38.3 Å². The molecule has 1 aromatic rings. The maximum atomic E-state index is 12.5. The molecule has 1 heterocycles. The third-order valence-electron chi connectivity index (χ3n) is 5.38. The average molecular weight is 497 g/mol. The van der Waals surface area contributed by atoms with Gasteiger partial charge in [0.1, 0.15) is 11.3 Å². The summed E-state index contributed by atoms with van der Waals surface area (Å²) in [5.74, 6) is -2.22. The number of esters is 2. The molecule has 0 aliphatic carbocycles. The van der Waals surface area contributed by atoms with E-state index in [0.717, 1.165) is 0 Å². The smallest absolute Gasteiger partial charge is 0.339 e. The molecule has 1 aliphatic heterocycles. The largest absolute Gasteiger partial charge is 0.478 e. The Bertz CT molecular complexity index is 841. The van der Waals surface area contributed by atoms with E-state index in [1.54, 1.807) is 19.1 Å². The first kappa shape index (κ1) is 28.5. The number of carboxylic acids is 1. The molecule has 1 unspecified atom stereocenters. The van der Waals surface area contributed by atoms with E-state index in [9.17, 15) is 24.6 Å². The molecule has 0 radical (unpaired) electrons. The Balaban J connectivity index is 2.45. The summed E-state index contributed by atoms with van der Waals surface area (Å²) in [7, 11) is 0. The lowest BCUT2D eigenvalue weighted by Gasteiger charge is -2.44. The Morgan fingerprint density at radius 1 is 0.943 bits per heavy atom. The van der Waals surface area contributed by atoms with Crippen LogP contribution in [-0.4, -0.2) is 65.1 Å². The molecule has 2 N–H and O–H groups in total. The Hall–Kier alpha value is -2.69. The van der Waals surface area contributed by atoms with Crippen molar-refractivity contribution in [2.75, 3.05) is 0 Å². The minimum absolute atomic E-state index is 0.0100. The number of aliphatic hydroxyl groups excluding tert-OH is 1. The van der Waals surface area contributed by atoms with Crippen molar-refractivity contribution in [3.63, 3.8) is 0 Å². The predicted molar refractivity (Wildman–Crippen MR) is 124 cm³/mol. The van der Waals surface area contributed by atoms with Crippen LogP contribution >= 0.6 is 0 Å². The number of carbonyl (C=O) groups excluding carboxylic acids is 2. The van der Waals surface area contributed by atoms with Gasteiger partial charge in [-0.1, -0.05) is 39.3 Å². The molecule has 10 nitrogen and oxygen atoms in total. The van der Waals surface area contributed by atoms with Crippen LogP contribution in [0.5, 0.6) is 5.75 Å². The number of hydrogen-bond acceptors (Lipinski definition) is 9. The summed E-state index contributed by atoms with van der Waals surface area (Å²) in [4.78, 5) is 36.5. The Morgan fingerprint density at radius 3 is 2.11 bits per heavy atom. The van der Waals surface area contributed by atoms with Gasteiger partial charge in [0.25, 0.3) is 0 Å². The number of ether oxygens (including phenoxy) is 5. The van der Waals surface area contributed by atoms with Gasteiger partial charge >= 0.3 is 17.9 Å². The lowest BCUT2D eigenvalue weighted by atomic mass is 9.98. The first-order valence-electron chi connectivity index (χ1n) is 12.1. The van der Waals surface area contributed by atoms with E-state index in [1.165, 1.54) is 12.1 Å². The van der Waals surface area contributed by atoms with Crippen LogP contribution in [0.1, 0.15) is 76.6 Å². The number of rotatable bonds is 13. The van der Waals surface area contributed by atoms with Crippen molar-refractivity contribution in [2.24, 2.45) is 0 Å². The van der Waals surface area contributed by atoms with E-state index < -0.39 is 54.9 Å². The van der Waals surface area contributed by atoms with Crippen molar-refractivity contribution >= 4 is 17.9 Å². The molecule has 1 saturated heterocycles. The van der Waals surface area contributed by atoms with Gasteiger partial charge in [-0.15, -0.1) is 0 Å². The Labute approximate surface area is 205 Å². The van der Waals surface area contributed by atoms with Crippen LogP contribution < -0.4 is 4.74 Å². The van der Waals surface area contributed by atoms with E-state index in [2.05, 4.69) is 0 Å². The van der Waals surface area contributed by atoms with Crippen molar-refractivity contribution in [1.82, 2.24) is 0 Å². The summed E-state index contributed by atoms with van der Waals surface area (Å²) >= 11 is 0. The van der Waals surface area contributed by atoms with E-state index in [4.69, 9.17) is 23.7 Å². The molecule has 0 saturated carbocycles. The first-order valence-corrected chi connectivity index (χ1v) is 12.1. The van der Waals surface area contributed by atoms with Crippen LogP contribution in [-0.2, 0) is 28.5 Å². The molecule has 35 heavy (non-hydrogen) atoms. The average Bonchev–Trinajstić information content (AvgIpc) is 2.79. The normalized spacial score (nSPS) is 24.9. The van der Waals surface area contributed by atoms with E-state index in [0.29, 0.717) is 19.3 Å². The van der Waals surface area contributed by atoms with Gasteiger partial charge in [-0.25, -0.2) is 4.79 Å². The molecule has 1 fully saturated rings. The van der Waals surface area contributed by atoms with E-state index in [1.807, 2.05) is 20.8 Å². The molecule has 6 atom stereocenters. The van der Waals surface area contributed by atoms with Crippen molar-refractivity contribution in [1.29, 1.82) is 0 Å². The number of hydrogen-bond donors (Lipinski definition) is 2. The second-order valence-electron chi connectivity index (χ2n) is 8.38. The van der Waals surface area contributed by atoms with Crippen LogP contribution in [0.15, 0.2) is 24.3 Å². The molecule has 196 valence electrons. The fourth-order valence-corrected chi connectivity index (χ4v) is 3.71. The monoisotopic (exact) mass is 496 g/mol. The maximum Gasteiger partial charge on any atom is 0.339 e. The highest BCUT2D eigenvalue weighted by Gasteiger charge is 2.51. The standard InChI is InChI=1S/C25H36O10/c1-5-10-18(26)33-21-15(4)31-25(32-17-14-9-8-13-16(17)24(29)30)23(35-20(28)12-7-3)22(21)34-19(27)11-6-2/h8-9,13-15,20-23,25,28H,5-7,10-12H2,1-4H3,(H,29,30)/t15-,20?,21+,22+,23-,25-/m0/s1. The predicted octanol–water partition coefficient (Wildman–Crippen LogP) is 3.44. The summed E-state index contributed by atoms with van der Waals surface area (Å²) in [5, 5.41) is 20.0. The molecule has 0 bridgehead atoms. The van der Waals surface area contributed by atoms with E-state index >= 15 is 0 Å². The molecule has 0 spiro atoms. The quantitative estimate of drug-likeness (QED) is 0.308. The Morgan fingerprint density at radius 2 is 1.54 bits per heavy atom. The zero-order valence-electron chi connectivity index (χ0n) is 20.7. The van der Waals surface area contributed by atoms with Gasteiger partial charge in [0, 0.05) is 12.8 Å². The van der Waals surface area contributed by atoms with Crippen LogP contribution in [0, 0.1) is 0 Å². The van der Waals surface area contributed by atoms with Gasteiger partial charge < -0.3 is 33.9 Å². The SMILES string of the molecule is CCCC(=O)O[C@H]1[C@H](OC(O)CCC)[C@H](Oc2ccccc2C(=O)O)O[C@@H](C)[C@H]1OC(=O)CCC. The number of aliphatic hydroxyl groups is 1. The van der Waals surface area contributed by atoms with Crippen LogP contribution in [0.25, 0.3) is 0 Å². The zero-order chi connectivity index (χ0) is 26.0. The number of aromatic carboxylic acids is 1. The summed E-state index contributed by atoms with van der Waals surface area (Å²) < 4.78 is 29.0. The topological polar surface area (TPSA) is 138 Å². The number of benzene rings is 1. The van der Waals surface area contributed by atoms with Crippen LogP contribution in [0.4, 0.5) is 0 Å². The molecule has 1 aliphatic rings. The molecular weight excluding hydrogens is 460 g/mol. The summed E-state index contributed by atoms with van der Waals surface area (Å²) in [6.07, 6.45) is -4.44. The molecule has 0 amide bonds. The summed E-state index contributed by atoms with van der Waals surface area (Å²) in [5.41, 5.74) is -0.104. The maximum absolute atomic E-state index is 12.5. The van der Waals surface area contributed by atoms with Crippen LogP contribution in [0.2, 0.25) is 0 Å². The highest BCUT2D eigenvalue weighted by atomic mass is 16.7. The summed E-state index contributed by atoms with van der Waals surface area (Å²) in [6, 6.07) is 5.99. The van der Waals surface area contributed by atoms with E-state index in [-0.39, 0.29) is 30.6 Å². The van der Waals surface area contributed by atoms with Crippen molar-refractivity contribution < 1.29 is 48.3 Å². The van der Waals surface area contributed by atoms with Gasteiger partial charge in [-0.2, -0.15) is 0 Å². The molecule has 2 rings (SSSR count). The number of carboxylic acid groups (broad SMARTS) is 1. The minimum atomic E-state index is -1.27. The fraction of sp³-hybridized carbons (Fsp3) is 0.640.